The first-order valence-electron chi connectivity index (χ1n) is 11.0. The highest BCUT2D eigenvalue weighted by molar-refractivity contribution is 6.01. The van der Waals surface area contributed by atoms with E-state index in [0.29, 0.717) is 17.9 Å². The molecule has 6 rings (SSSR count). The molecule has 168 valence electrons. The van der Waals surface area contributed by atoms with Crippen molar-refractivity contribution >= 4 is 33.9 Å². The van der Waals surface area contributed by atoms with Crippen molar-refractivity contribution in [2.45, 2.75) is 19.4 Å². The Bertz CT molecular complexity index is 1520. The molecule has 2 aromatic heterocycles. The maximum atomic E-state index is 5.70. The molecule has 0 saturated carbocycles. The van der Waals surface area contributed by atoms with Gasteiger partial charge in [0.1, 0.15) is 11.6 Å². The first-order chi connectivity index (χ1) is 16.7. The fourth-order valence-electron chi connectivity index (χ4n) is 4.23. The Balaban J connectivity index is 1.22. The standard InChI is InChI=1S/C26H22N6O2/c1-16-29-30-26-25(28-21-5-3-4-6-23(21)32(16)26)27-19-11-7-17(8-12-19)22-15-24(34-31-22)18-9-13-20(33-2)14-10-18/h3-14,24H,15H2,1-2H3,(H,27,28). The van der Waals surface area contributed by atoms with Crippen molar-refractivity contribution in [2.75, 3.05) is 12.4 Å². The zero-order chi connectivity index (χ0) is 23.1. The summed E-state index contributed by atoms with van der Waals surface area (Å²) >= 11 is 0. The van der Waals surface area contributed by atoms with Gasteiger partial charge in [-0.25, -0.2) is 4.98 Å². The molecule has 0 radical (unpaired) electrons. The molecule has 1 atom stereocenters. The molecule has 1 aliphatic heterocycles. The predicted octanol–water partition coefficient (Wildman–Crippen LogP) is 5.20. The van der Waals surface area contributed by atoms with E-state index in [0.717, 1.165) is 45.1 Å². The number of benzene rings is 3. The Morgan fingerprint density at radius 2 is 1.76 bits per heavy atom. The molecule has 3 aromatic carbocycles. The van der Waals surface area contributed by atoms with Crippen molar-refractivity contribution in [1.29, 1.82) is 0 Å². The summed E-state index contributed by atoms with van der Waals surface area (Å²) in [6.45, 7) is 1.94. The van der Waals surface area contributed by atoms with Crippen molar-refractivity contribution in [3.8, 4) is 5.75 Å². The lowest BCUT2D eigenvalue weighted by Crippen LogP contribution is -2.03. The van der Waals surface area contributed by atoms with Crippen molar-refractivity contribution < 1.29 is 9.57 Å². The van der Waals surface area contributed by atoms with E-state index in [2.05, 4.69) is 20.7 Å². The van der Waals surface area contributed by atoms with Crippen LogP contribution in [0.1, 0.15) is 29.5 Å². The minimum absolute atomic E-state index is 0.0926. The number of aryl methyl sites for hydroxylation is 1. The smallest absolute Gasteiger partial charge is 0.204 e. The molecule has 0 bridgehead atoms. The van der Waals surface area contributed by atoms with Crippen LogP contribution in [0.25, 0.3) is 16.7 Å². The third-order valence-electron chi connectivity index (χ3n) is 6.03. The zero-order valence-electron chi connectivity index (χ0n) is 18.8. The third kappa shape index (κ3) is 3.49. The van der Waals surface area contributed by atoms with Crippen molar-refractivity contribution in [1.82, 2.24) is 19.6 Å². The van der Waals surface area contributed by atoms with Crippen molar-refractivity contribution in [3.63, 3.8) is 0 Å². The molecule has 0 saturated heterocycles. The quantitative estimate of drug-likeness (QED) is 0.396. The zero-order valence-corrected chi connectivity index (χ0v) is 18.8. The van der Waals surface area contributed by atoms with Crippen molar-refractivity contribution in [2.24, 2.45) is 5.16 Å². The molecule has 0 spiro atoms. The summed E-state index contributed by atoms with van der Waals surface area (Å²) in [5.74, 6) is 2.30. The number of hydrogen-bond donors (Lipinski definition) is 1. The summed E-state index contributed by atoms with van der Waals surface area (Å²) in [6.07, 6.45) is 0.621. The van der Waals surface area contributed by atoms with Gasteiger partial charge in [-0.05, 0) is 54.4 Å². The largest absolute Gasteiger partial charge is 0.497 e. The topological polar surface area (TPSA) is 85.9 Å². The molecule has 0 aliphatic carbocycles. The van der Waals surface area contributed by atoms with E-state index in [1.54, 1.807) is 7.11 Å². The van der Waals surface area contributed by atoms with Crippen LogP contribution in [0, 0.1) is 6.92 Å². The van der Waals surface area contributed by atoms with Crippen LogP contribution in [-0.4, -0.2) is 32.4 Å². The van der Waals surface area contributed by atoms with Crippen LogP contribution in [-0.2, 0) is 4.84 Å². The van der Waals surface area contributed by atoms with Crippen LogP contribution >= 0.6 is 0 Å². The van der Waals surface area contributed by atoms with Crippen LogP contribution in [0.4, 0.5) is 11.5 Å². The molecule has 0 amide bonds. The van der Waals surface area contributed by atoms with Gasteiger partial charge in [-0.1, -0.05) is 41.6 Å². The lowest BCUT2D eigenvalue weighted by Gasteiger charge is -2.10. The van der Waals surface area contributed by atoms with Gasteiger partial charge in [-0.3, -0.25) is 4.40 Å². The first kappa shape index (κ1) is 20.2. The summed E-state index contributed by atoms with van der Waals surface area (Å²) in [6, 6.07) is 24.0. The Morgan fingerprint density at radius 3 is 2.56 bits per heavy atom. The number of oxime groups is 1. The second-order valence-corrected chi connectivity index (χ2v) is 8.17. The number of hydrogen-bond acceptors (Lipinski definition) is 7. The molecule has 0 fully saturated rings. The lowest BCUT2D eigenvalue weighted by atomic mass is 10.00. The molecule has 1 N–H and O–H groups in total. The van der Waals surface area contributed by atoms with E-state index >= 15 is 0 Å². The maximum absolute atomic E-state index is 5.70. The fourth-order valence-corrected chi connectivity index (χ4v) is 4.23. The highest BCUT2D eigenvalue weighted by Gasteiger charge is 2.24. The van der Waals surface area contributed by atoms with Gasteiger partial charge >= 0.3 is 0 Å². The number of nitrogens with one attached hydrogen (secondary N) is 1. The second-order valence-electron chi connectivity index (χ2n) is 8.17. The number of rotatable bonds is 5. The van der Waals surface area contributed by atoms with Crippen LogP contribution in [0.3, 0.4) is 0 Å². The van der Waals surface area contributed by atoms with Crippen LogP contribution in [0.15, 0.2) is 78.0 Å². The number of para-hydroxylation sites is 2. The number of anilines is 2. The van der Waals surface area contributed by atoms with Crippen molar-refractivity contribution in [3.05, 3.63) is 89.7 Å². The number of nitrogens with zero attached hydrogens (tertiary/aromatic N) is 5. The second kappa shape index (κ2) is 8.15. The molecule has 8 nitrogen and oxygen atoms in total. The molecule has 34 heavy (non-hydrogen) atoms. The highest BCUT2D eigenvalue weighted by atomic mass is 16.6. The van der Waals surface area contributed by atoms with E-state index in [1.807, 2.05) is 84.1 Å². The summed E-state index contributed by atoms with van der Waals surface area (Å²) < 4.78 is 7.25. The fraction of sp³-hybridized carbons (Fsp3) is 0.154. The number of methoxy groups -OCH3 is 1. The van der Waals surface area contributed by atoms with E-state index < -0.39 is 0 Å². The molecule has 8 heteroatoms. The van der Waals surface area contributed by atoms with E-state index in [4.69, 9.17) is 14.6 Å². The lowest BCUT2D eigenvalue weighted by molar-refractivity contribution is 0.0857. The van der Waals surface area contributed by atoms with Gasteiger partial charge in [0.2, 0.25) is 5.65 Å². The molecule has 1 unspecified atom stereocenters. The Hall–Kier alpha value is -4.46. The molecule has 3 heterocycles. The summed E-state index contributed by atoms with van der Waals surface area (Å²) in [5, 5.41) is 16.3. The number of fused-ring (bicyclic) bond motifs is 3. The Kier molecular flexibility index (Phi) is 4.83. The van der Waals surface area contributed by atoms with Crippen LogP contribution in [0.2, 0.25) is 0 Å². The summed E-state index contributed by atoms with van der Waals surface area (Å²) in [5.41, 5.74) is 6.47. The molecular formula is C26H22N6O2. The van der Waals surface area contributed by atoms with Crippen LogP contribution < -0.4 is 10.1 Å². The van der Waals surface area contributed by atoms with Gasteiger partial charge in [0, 0.05) is 12.1 Å². The van der Waals surface area contributed by atoms with Gasteiger partial charge in [0.15, 0.2) is 11.9 Å². The van der Waals surface area contributed by atoms with E-state index in [-0.39, 0.29) is 6.10 Å². The van der Waals surface area contributed by atoms with Gasteiger partial charge in [-0.2, -0.15) is 0 Å². The number of aromatic nitrogens is 4. The van der Waals surface area contributed by atoms with Gasteiger partial charge in [-0.15, -0.1) is 10.2 Å². The summed E-state index contributed by atoms with van der Waals surface area (Å²) in [4.78, 5) is 10.5. The van der Waals surface area contributed by atoms with Gasteiger partial charge in [0.05, 0.1) is 23.9 Å². The molecular weight excluding hydrogens is 428 g/mol. The van der Waals surface area contributed by atoms with E-state index in [1.165, 1.54) is 0 Å². The first-order valence-corrected chi connectivity index (χ1v) is 11.0. The summed E-state index contributed by atoms with van der Waals surface area (Å²) in [7, 11) is 1.66. The third-order valence-corrected chi connectivity index (χ3v) is 6.03. The molecule has 1 aliphatic rings. The van der Waals surface area contributed by atoms with Gasteiger partial charge in [0.25, 0.3) is 0 Å². The highest BCUT2D eigenvalue weighted by Crippen LogP contribution is 2.31. The van der Waals surface area contributed by atoms with E-state index in [9.17, 15) is 0 Å². The number of ether oxygens (including phenoxy) is 1. The Labute approximate surface area is 195 Å². The monoisotopic (exact) mass is 450 g/mol. The molecule has 5 aromatic rings. The Morgan fingerprint density at radius 1 is 0.971 bits per heavy atom. The van der Waals surface area contributed by atoms with Crippen LogP contribution in [0.5, 0.6) is 5.75 Å². The average Bonchev–Trinajstić information content (AvgIpc) is 3.53. The minimum Gasteiger partial charge on any atom is -0.497 e. The maximum Gasteiger partial charge on any atom is 0.204 e. The normalized spacial score (nSPS) is 15.4. The average molecular weight is 451 g/mol. The SMILES string of the molecule is COc1ccc(C2CC(c3ccc(Nc4nc5ccccc5n5c(C)nnc45)cc3)=NO2)cc1. The predicted molar refractivity (Wildman–Crippen MR) is 131 cm³/mol. The minimum atomic E-state index is -0.0926. The van der Waals surface area contributed by atoms with Gasteiger partial charge < -0.3 is 14.9 Å².